The number of benzene rings is 2. The zero-order valence-electron chi connectivity index (χ0n) is 12.7. The molecule has 1 heterocycles. The summed E-state index contributed by atoms with van der Waals surface area (Å²) in [6, 6.07) is 16.6. The molecule has 1 fully saturated rings. The van der Waals surface area contributed by atoms with Gasteiger partial charge in [-0.2, -0.15) is 0 Å². The summed E-state index contributed by atoms with van der Waals surface area (Å²) in [5, 5.41) is 8.91. The van der Waals surface area contributed by atoms with E-state index in [0.717, 1.165) is 11.1 Å². The lowest BCUT2D eigenvalue weighted by Crippen LogP contribution is -2.31. The normalized spacial score (nSPS) is 14.3. The largest absolute Gasteiger partial charge is 0.478 e. The molecule has 0 aromatic heterocycles. The van der Waals surface area contributed by atoms with Crippen LogP contribution in [0.2, 0.25) is 0 Å². The Morgan fingerprint density at radius 1 is 0.870 bits per heavy atom. The number of hydrogen-bond acceptors (Lipinski definition) is 2. The molecule has 0 atom stereocenters. The number of aromatic carboxylic acids is 1. The first kappa shape index (κ1) is 15.1. The lowest BCUT2D eigenvalue weighted by Gasteiger charge is -2.19. The highest BCUT2D eigenvalue weighted by molar-refractivity contribution is 5.87. The van der Waals surface area contributed by atoms with Crippen LogP contribution in [0, 0.1) is 0 Å². The van der Waals surface area contributed by atoms with Gasteiger partial charge in [0, 0.05) is 26.2 Å². The molecule has 118 valence electrons. The van der Waals surface area contributed by atoms with E-state index in [0.29, 0.717) is 26.2 Å². The Balaban J connectivity index is 1.61. The van der Waals surface area contributed by atoms with Crippen LogP contribution in [0.3, 0.4) is 0 Å². The highest BCUT2D eigenvalue weighted by atomic mass is 16.4. The minimum atomic E-state index is -0.942. The molecule has 1 aliphatic rings. The van der Waals surface area contributed by atoms with Crippen LogP contribution in [0.15, 0.2) is 54.6 Å². The summed E-state index contributed by atoms with van der Waals surface area (Å²) < 4.78 is 0. The minimum Gasteiger partial charge on any atom is -0.478 e. The number of carbonyl (C=O) groups is 2. The molecular formula is C18H18N2O3. The van der Waals surface area contributed by atoms with Crippen molar-refractivity contribution < 1.29 is 14.7 Å². The zero-order valence-corrected chi connectivity index (χ0v) is 12.7. The van der Waals surface area contributed by atoms with Gasteiger partial charge < -0.3 is 14.9 Å². The maximum Gasteiger partial charge on any atom is 0.335 e. The van der Waals surface area contributed by atoms with Crippen LogP contribution in [-0.2, 0) is 13.1 Å². The van der Waals surface area contributed by atoms with Gasteiger partial charge in [0.15, 0.2) is 0 Å². The molecule has 2 amide bonds. The highest BCUT2D eigenvalue weighted by Gasteiger charge is 2.28. The van der Waals surface area contributed by atoms with Gasteiger partial charge in [0.05, 0.1) is 5.56 Å². The number of carboxylic acid groups (broad SMARTS) is 1. The van der Waals surface area contributed by atoms with E-state index in [1.165, 1.54) is 0 Å². The number of carboxylic acids is 1. The van der Waals surface area contributed by atoms with Crippen molar-refractivity contribution in [1.29, 1.82) is 0 Å². The van der Waals surface area contributed by atoms with Crippen LogP contribution in [0.1, 0.15) is 21.5 Å². The van der Waals surface area contributed by atoms with E-state index in [9.17, 15) is 9.59 Å². The van der Waals surface area contributed by atoms with Crippen molar-refractivity contribution in [2.45, 2.75) is 13.1 Å². The van der Waals surface area contributed by atoms with Crippen LogP contribution in [0.5, 0.6) is 0 Å². The summed E-state index contributed by atoms with van der Waals surface area (Å²) >= 11 is 0. The van der Waals surface area contributed by atoms with Crippen molar-refractivity contribution in [3.8, 4) is 0 Å². The number of urea groups is 1. The molecule has 0 unspecified atom stereocenters. The van der Waals surface area contributed by atoms with Crippen molar-refractivity contribution in [2.75, 3.05) is 13.1 Å². The lowest BCUT2D eigenvalue weighted by molar-refractivity contribution is 0.0697. The number of hydrogen-bond donors (Lipinski definition) is 1. The van der Waals surface area contributed by atoms with Gasteiger partial charge in [0.2, 0.25) is 0 Å². The molecule has 0 saturated carbocycles. The third-order valence-electron chi connectivity index (χ3n) is 3.97. The zero-order chi connectivity index (χ0) is 16.2. The van der Waals surface area contributed by atoms with E-state index in [2.05, 4.69) is 0 Å². The fourth-order valence-corrected chi connectivity index (χ4v) is 2.70. The number of carbonyl (C=O) groups excluding carboxylic acids is 1. The monoisotopic (exact) mass is 310 g/mol. The molecule has 5 nitrogen and oxygen atoms in total. The molecule has 2 aromatic rings. The van der Waals surface area contributed by atoms with Gasteiger partial charge in [-0.05, 0) is 23.3 Å². The first-order chi connectivity index (χ1) is 11.1. The lowest BCUT2D eigenvalue weighted by atomic mass is 10.1. The summed E-state index contributed by atoms with van der Waals surface area (Å²) in [6.07, 6.45) is 0. The SMILES string of the molecule is O=C(O)c1ccc(CN2CCN(Cc3ccccc3)C2=O)cc1. The summed E-state index contributed by atoms with van der Waals surface area (Å²) in [6.45, 7) is 2.52. The van der Waals surface area contributed by atoms with Crippen LogP contribution in [0.4, 0.5) is 4.79 Å². The van der Waals surface area contributed by atoms with E-state index < -0.39 is 5.97 Å². The van der Waals surface area contributed by atoms with Crippen molar-refractivity contribution in [1.82, 2.24) is 9.80 Å². The van der Waals surface area contributed by atoms with Crippen LogP contribution in [-0.4, -0.2) is 40.0 Å². The second kappa shape index (κ2) is 6.52. The van der Waals surface area contributed by atoms with Gasteiger partial charge in [0.1, 0.15) is 0 Å². The van der Waals surface area contributed by atoms with Crippen molar-refractivity contribution in [2.24, 2.45) is 0 Å². The van der Waals surface area contributed by atoms with Gasteiger partial charge in [-0.1, -0.05) is 42.5 Å². The number of amides is 2. The molecule has 0 bridgehead atoms. The van der Waals surface area contributed by atoms with Gasteiger partial charge in [0.25, 0.3) is 0 Å². The predicted octanol–water partition coefficient (Wildman–Crippen LogP) is 2.82. The Morgan fingerprint density at radius 2 is 1.39 bits per heavy atom. The standard InChI is InChI=1S/C18H18N2O3/c21-17(22)16-8-6-15(7-9-16)13-20-11-10-19(18(20)23)12-14-4-2-1-3-5-14/h1-9H,10-13H2,(H,21,22). The van der Waals surface area contributed by atoms with E-state index in [4.69, 9.17) is 5.11 Å². The summed E-state index contributed by atoms with van der Waals surface area (Å²) in [5.41, 5.74) is 2.31. The Bertz CT molecular complexity index is 698. The molecule has 2 aromatic carbocycles. The Kier molecular flexibility index (Phi) is 4.28. The van der Waals surface area contributed by atoms with Gasteiger partial charge in [-0.3, -0.25) is 0 Å². The van der Waals surface area contributed by atoms with Crippen LogP contribution in [0.25, 0.3) is 0 Å². The summed E-state index contributed by atoms with van der Waals surface area (Å²) in [7, 11) is 0. The topological polar surface area (TPSA) is 60.9 Å². The van der Waals surface area contributed by atoms with E-state index in [1.54, 1.807) is 29.2 Å². The summed E-state index contributed by atoms with van der Waals surface area (Å²) in [5.74, 6) is -0.942. The second-order valence-electron chi connectivity index (χ2n) is 5.61. The Morgan fingerprint density at radius 3 is 1.91 bits per heavy atom. The maximum absolute atomic E-state index is 12.4. The quantitative estimate of drug-likeness (QED) is 0.924. The smallest absolute Gasteiger partial charge is 0.335 e. The molecule has 1 N–H and O–H groups in total. The van der Waals surface area contributed by atoms with Gasteiger partial charge in [-0.15, -0.1) is 0 Å². The van der Waals surface area contributed by atoms with Crippen molar-refractivity contribution in [3.63, 3.8) is 0 Å². The third kappa shape index (κ3) is 3.51. The molecule has 23 heavy (non-hydrogen) atoms. The highest BCUT2D eigenvalue weighted by Crippen LogP contribution is 2.16. The summed E-state index contributed by atoms with van der Waals surface area (Å²) in [4.78, 5) is 26.9. The molecule has 1 aliphatic heterocycles. The number of nitrogens with zero attached hydrogens (tertiary/aromatic N) is 2. The molecule has 1 saturated heterocycles. The molecular weight excluding hydrogens is 292 g/mol. The van der Waals surface area contributed by atoms with Gasteiger partial charge >= 0.3 is 12.0 Å². The molecule has 5 heteroatoms. The van der Waals surface area contributed by atoms with E-state index in [-0.39, 0.29) is 11.6 Å². The number of rotatable bonds is 5. The van der Waals surface area contributed by atoms with E-state index in [1.807, 2.05) is 35.2 Å². The molecule has 0 radical (unpaired) electrons. The Hall–Kier alpha value is -2.82. The fourth-order valence-electron chi connectivity index (χ4n) is 2.70. The van der Waals surface area contributed by atoms with Crippen LogP contribution >= 0.6 is 0 Å². The average Bonchev–Trinajstić information content (AvgIpc) is 2.90. The van der Waals surface area contributed by atoms with Crippen molar-refractivity contribution in [3.05, 3.63) is 71.3 Å². The average molecular weight is 310 g/mol. The first-order valence-corrected chi connectivity index (χ1v) is 7.53. The Labute approximate surface area is 134 Å². The molecule has 0 aliphatic carbocycles. The molecule has 3 rings (SSSR count). The first-order valence-electron chi connectivity index (χ1n) is 7.53. The fraction of sp³-hybridized carbons (Fsp3) is 0.222. The van der Waals surface area contributed by atoms with Crippen molar-refractivity contribution >= 4 is 12.0 Å². The minimum absolute atomic E-state index is 0.0242. The van der Waals surface area contributed by atoms with Gasteiger partial charge in [-0.25, -0.2) is 9.59 Å². The second-order valence-corrected chi connectivity index (χ2v) is 5.61. The maximum atomic E-state index is 12.4. The molecule has 0 spiro atoms. The van der Waals surface area contributed by atoms with E-state index >= 15 is 0 Å². The predicted molar refractivity (Wildman–Crippen MR) is 86.1 cm³/mol. The third-order valence-corrected chi connectivity index (χ3v) is 3.97. The van der Waals surface area contributed by atoms with Crippen LogP contribution < -0.4 is 0 Å².